The zero-order chi connectivity index (χ0) is 15.5. The smallest absolute Gasteiger partial charge is 0.255 e. The van der Waals surface area contributed by atoms with Crippen molar-refractivity contribution in [2.24, 2.45) is 0 Å². The van der Waals surface area contributed by atoms with E-state index in [0.717, 1.165) is 10.8 Å². The summed E-state index contributed by atoms with van der Waals surface area (Å²) < 4.78 is 5.22. The zero-order valence-corrected chi connectivity index (χ0v) is 12.0. The molecule has 0 aromatic heterocycles. The number of hydrogen-bond donors (Lipinski definition) is 2. The Balaban J connectivity index is 1.90. The number of phenolic OH excluding ortho intramolecular Hbond substituents is 1. The van der Waals surface area contributed by atoms with Gasteiger partial charge in [0.25, 0.3) is 5.91 Å². The molecule has 2 N–H and O–H groups in total. The van der Waals surface area contributed by atoms with Crippen LogP contribution in [-0.4, -0.2) is 18.1 Å². The summed E-state index contributed by atoms with van der Waals surface area (Å²) in [6.45, 7) is 0. The molecule has 0 aliphatic carbocycles. The Hall–Kier alpha value is -3.01. The van der Waals surface area contributed by atoms with Crippen LogP contribution < -0.4 is 10.1 Å². The zero-order valence-electron chi connectivity index (χ0n) is 12.0. The van der Waals surface area contributed by atoms with E-state index in [9.17, 15) is 9.90 Å². The normalized spacial score (nSPS) is 10.4. The van der Waals surface area contributed by atoms with Gasteiger partial charge in [-0.3, -0.25) is 4.79 Å². The van der Waals surface area contributed by atoms with Crippen molar-refractivity contribution in [3.8, 4) is 11.5 Å². The SMILES string of the molecule is COc1ccccc1NC(=O)c1ccc2cc(O)ccc2c1. The second-order valence-corrected chi connectivity index (χ2v) is 4.90. The van der Waals surface area contributed by atoms with Gasteiger partial charge in [-0.2, -0.15) is 0 Å². The van der Waals surface area contributed by atoms with Gasteiger partial charge >= 0.3 is 0 Å². The summed E-state index contributed by atoms with van der Waals surface area (Å²) in [6.07, 6.45) is 0. The van der Waals surface area contributed by atoms with Crippen LogP contribution in [0.1, 0.15) is 10.4 Å². The largest absolute Gasteiger partial charge is 0.508 e. The molecular weight excluding hydrogens is 278 g/mol. The van der Waals surface area contributed by atoms with Gasteiger partial charge < -0.3 is 15.2 Å². The van der Waals surface area contributed by atoms with Crippen molar-refractivity contribution < 1.29 is 14.6 Å². The molecule has 3 aromatic carbocycles. The molecule has 0 aliphatic rings. The number of carbonyl (C=O) groups excluding carboxylic acids is 1. The highest BCUT2D eigenvalue weighted by Gasteiger charge is 2.10. The molecule has 0 spiro atoms. The molecule has 0 aliphatic heterocycles. The van der Waals surface area contributed by atoms with Crippen molar-refractivity contribution in [1.29, 1.82) is 0 Å². The van der Waals surface area contributed by atoms with Crippen LogP contribution in [0.5, 0.6) is 11.5 Å². The predicted molar refractivity (Wildman–Crippen MR) is 86.6 cm³/mol. The fraction of sp³-hybridized carbons (Fsp3) is 0.0556. The van der Waals surface area contributed by atoms with E-state index in [4.69, 9.17) is 4.74 Å². The van der Waals surface area contributed by atoms with Gasteiger partial charge in [0.1, 0.15) is 11.5 Å². The molecule has 0 saturated heterocycles. The highest BCUT2D eigenvalue weighted by atomic mass is 16.5. The lowest BCUT2D eigenvalue weighted by Gasteiger charge is -2.10. The maximum atomic E-state index is 12.4. The van der Waals surface area contributed by atoms with Crippen LogP contribution >= 0.6 is 0 Å². The molecular formula is C18H15NO3. The van der Waals surface area contributed by atoms with Crippen molar-refractivity contribution in [2.75, 3.05) is 12.4 Å². The topological polar surface area (TPSA) is 58.6 Å². The fourth-order valence-corrected chi connectivity index (χ4v) is 2.32. The quantitative estimate of drug-likeness (QED) is 0.772. The van der Waals surface area contributed by atoms with E-state index in [1.165, 1.54) is 0 Å². The van der Waals surface area contributed by atoms with E-state index in [0.29, 0.717) is 17.0 Å². The first kappa shape index (κ1) is 13.9. The molecule has 0 atom stereocenters. The molecule has 0 heterocycles. The third-order valence-electron chi connectivity index (χ3n) is 3.44. The Bertz CT molecular complexity index is 843. The molecule has 22 heavy (non-hydrogen) atoms. The molecule has 4 heteroatoms. The molecule has 0 saturated carbocycles. The van der Waals surface area contributed by atoms with Gasteiger partial charge in [-0.05, 0) is 47.2 Å². The van der Waals surface area contributed by atoms with Crippen molar-refractivity contribution in [3.05, 3.63) is 66.2 Å². The summed E-state index contributed by atoms with van der Waals surface area (Å²) in [4.78, 5) is 12.4. The molecule has 0 unspecified atom stereocenters. The standard InChI is InChI=1S/C18H15NO3/c1-22-17-5-3-2-4-16(17)19-18(21)14-7-6-13-11-15(20)9-8-12(13)10-14/h2-11,20H,1H3,(H,19,21). The second-order valence-electron chi connectivity index (χ2n) is 4.90. The lowest BCUT2D eigenvalue weighted by molar-refractivity contribution is 0.102. The van der Waals surface area contributed by atoms with Gasteiger partial charge in [-0.25, -0.2) is 0 Å². The highest BCUT2D eigenvalue weighted by molar-refractivity contribution is 6.07. The van der Waals surface area contributed by atoms with Gasteiger partial charge in [0.05, 0.1) is 12.8 Å². The van der Waals surface area contributed by atoms with Gasteiger partial charge in [0.2, 0.25) is 0 Å². The number of nitrogens with one attached hydrogen (secondary N) is 1. The van der Waals surface area contributed by atoms with Crippen LogP contribution in [0.15, 0.2) is 60.7 Å². The number of phenols is 1. The van der Waals surface area contributed by atoms with Crippen LogP contribution in [0.3, 0.4) is 0 Å². The van der Waals surface area contributed by atoms with Gasteiger partial charge in [-0.1, -0.05) is 24.3 Å². The number of anilines is 1. The fourth-order valence-electron chi connectivity index (χ4n) is 2.32. The summed E-state index contributed by atoms with van der Waals surface area (Å²) in [5.74, 6) is 0.611. The number of ether oxygens (including phenoxy) is 1. The maximum absolute atomic E-state index is 12.4. The van der Waals surface area contributed by atoms with Gasteiger partial charge in [-0.15, -0.1) is 0 Å². The number of carbonyl (C=O) groups is 1. The second kappa shape index (κ2) is 5.77. The first-order valence-corrected chi connectivity index (χ1v) is 6.84. The number of hydrogen-bond acceptors (Lipinski definition) is 3. The molecule has 0 radical (unpaired) electrons. The van der Waals surface area contributed by atoms with E-state index in [1.54, 1.807) is 49.6 Å². The van der Waals surface area contributed by atoms with Crippen LogP contribution in [-0.2, 0) is 0 Å². The van der Waals surface area contributed by atoms with E-state index < -0.39 is 0 Å². The van der Waals surface area contributed by atoms with Gasteiger partial charge in [0, 0.05) is 5.56 Å². The lowest BCUT2D eigenvalue weighted by atomic mass is 10.1. The molecule has 110 valence electrons. The average molecular weight is 293 g/mol. The number of benzene rings is 3. The first-order valence-electron chi connectivity index (χ1n) is 6.84. The van der Waals surface area contributed by atoms with Crippen LogP contribution in [0.25, 0.3) is 10.8 Å². The van der Waals surface area contributed by atoms with Crippen LogP contribution in [0.4, 0.5) is 5.69 Å². The molecule has 4 nitrogen and oxygen atoms in total. The number of fused-ring (bicyclic) bond motifs is 1. The Morgan fingerprint density at radius 2 is 1.73 bits per heavy atom. The monoisotopic (exact) mass is 293 g/mol. The molecule has 3 rings (SSSR count). The number of methoxy groups -OCH3 is 1. The van der Waals surface area contributed by atoms with Crippen molar-refractivity contribution in [3.63, 3.8) is 0 Å². The minimum atomic E-state index is -0.209. The Kier molecular flexibility index (Phi) is 3.66. The molecule has 1 amide bonds. The number of rotatable bonds is 3. The molecule has 3 aromatic rings. The summed E-state index contributed by atoms with van der Waals surface area (Å²) >= 11 is 0. The van der Waals surface area contributed by atoms with Crippen molar-refractivity contribution in [1.82, 2.24) is 0 Å². The summed E-state index contributed by atoms with van der Waals surface area (Å²) in [5.41, 5.74) is 1.17. The van der Waals surface area contributed by atoms with Crippen molar-refractivity contribution in [2.45, 2.75) is 0 Å². The van der Waals surface area contributed by atoms with E-state index in [1.807, 2.05) is 18.2 Å². The summed E-state index contributed by atoms with van der Waals surface area (Å²) in [7, 11) is 1.56. The van der Waals surface area contributed by atoms with E-state index in [-0.39, 0.29) is 11.7 Å². The number of amides is 1. The minimum absolute atomic E-state index is 0.207. The summed E-state index contributed by atoms with van der Waals surface area (Å²) in [5, 5.41) is 14.1. The Morgan fingerprint density at radius 1 is 1.00 bits per heavy atom. The minimum Gasteiger partial charge on any atom is -0.508 e. The maximum Gasteiger partial charge on any atom is 0.255 e. The Labute approximate surface area is 128 Å². The average Bonchev–Trinajstić information content (AvgIpc) is 2.54. The van der Waals surface area contributed by atoms with E-state index in [2.05, 4.69) is 5.32 Å². The third-order valence-corrected chi connectivity index (χ3v) is 3.44. The lowest BCUT2D eigenvalue weighted by Crippen LogP contribution is -2.12. The van der Waals surface area contributed by atoms with Crippen molar-refractivity contribution >= 4 is 22.4 Å². The van der Waals surface area contributed by atoms with Gasteiger partial charge in [0.15, 0.2) is 0 Å². The third kappa shape index (κ3) is 2.72. The predicted octanol–water partition coefficient (Wildman–Crippen LogP) is 3.81. The molecule has 0 fully saturated rings. The van der Waals surface area contributed by atoms with E-state index >= 15 is 0 Å². The Morgan fingerprint density at radius 3 is 2.55 bits per heavy atom. The highest BCUT2D eigenvalue weighted by Crippen LogP contribution is 2.25. The number of aromatic hydroxyl groups is 1. The van der Waals surface area contributed by atoms with Crippen LogP contribution in [0.2, 0.25) is 0 Å². The van der Waals surface area contributed by atoms with Crippen LogP contribution in [0, 0.1) is 0 Å². The molecule has 0 bridgehead atoms. The first-order chi connectivity index (χ1) is 10.7. The number of para-hydroxylation sites is 2. The summed E-state index contributed by atoms with van der Waals surface area (Å²) in [6, 6.07) is 17.6.